The Hall–Kier alpha value is -2.38. The Bertz CT molecular complexity index is 756. The van der Waals surface area contributed by atoms with E-state index in [2.05, 4.69) is 28.1 Å². The normalized spacial score (nSPS) is 14.5. The van der Waals surface area contributed by atoms with Crippen LogP contribution in [0.4, 0.5) is 0 Å². The standard InChI is InChI=1S/C17H17N3O/c1-12-16-11-20(10-13-5-3-2-4-6-13)8-7-14(16)15(9-18)17(21)19-12/h2-6H,7-8,10-11H2,1H3,(H,19,21). The molecule has 4 heteroatoms. The number of benzene rings is 1. The Morgan fingerprint density at radius 2 is 2.05 bits per heavy atom. The molecule has 1 aliphatic rings. The number of hydrogen-bond acceptors (Lipinski definition) is 3. The number of pyridine rings is 1. The smallest absolute Gasteiger partial charge is 0.266 e. The summed E-state index contributed by atoms with van der Waals surface area (Å²) in [4.78, 5) is 17.0. The van der Waals surface area contributed by atoms with Gasteiger partial charge in [0.15, 0.2) is 0 Å². The van der Waals surface area contributed by atoms with Crippen LogP contribution < -0.4 is 5.56 Å². The molecule has 1 N–H and O–H groups in total. The summed E-state index contributed by atoms with van der Waals surface area (Å²) in [7, 11) is 0. The minimum Gasteiger partial charge on any atom is -0.325 e. The fourth-order valence-electron chi connectivity index (χ4n) is 2.98. The van der Waals surface area contributed by atoms with Crippen molar-refractivity contribution in [1.29, 1.82) is 5.26 Å². The van der Waals surface area contributed by atoms with Crippen molar-refractivity contribution in [3.05, 3.63) is 68.6 Å². The molecule has 1 aliphatic heterocycles. The summed E-state index contributed by atoms with van der Waals surface area (Å²) in [5.41, 5.74) is 4.23. The molecule has 21 heavy (non-hydrogen) atoms. The second kappa shape index (κ2) is 5.55. The van der Waals surface area contributed by atoms with Gasteiger partial charge in [0.1, 0.15) is 11.6 Å². The summed E-state index contributed by atoms with van der Waals surface area (Å²) in [5, 5.41) is 9.18. The van der Waals surface area contributed by atoms with Crippen LogP contribution in [-0.4, -0.2) is 16.4 Å². The first-order valence-corrected chi connectivity index (χ1v) is 7.10. The number of fused-ring (bicyclic) bond motifs is 1. The Kier molecular flexibility index (Phi) is 3.59. The molecule has 4 nitrogen and oxygen atoms in total. The molecule has 0 amide bonds. The molecular weight excluding hydrogens is 262 g/mol. The van der Waals surface area contributed by atoms with Gasteiger partial charge in [0, 0.05) is 25.3 Å². The molecule has 0 bridgehead atoms. The number of nitriles is 1. The quantitative estimate of drug-likeness (QED) is 0.916. The molecule has 0 saturated heterocycles. The monoisotopic (exact) mass is 279 g/mol. The fourth-order valence-corrected chi connectivity index (χ4v) is 2.98. The lowest BCUT2D eigenvalue weighted by molar-refractivity contribution is 0.244. The summed E-state index contributed by atoms with van der Waals surface area (Å²) in [6, 6.07) is 12.4. The zero-order valence-electron chi connectivity index (χ0n) is 12.0. The van der Waals surface area contributed by atoms with E-state index >= 15 is 0 Å². The highest BCUT2D eigenvalue weighted by Gasteiger charge is 2.22. The zero-order valence-corrected chi connectivity index (χ0v) is 12.0. The van der Waals surface area contributed by atoms with E-state index in [4.69, 9.17) is 0 Å². The van der Waals surface area contributed by atoms with Gasteiger partial charge in [-0.15, -0.1) is 0 Å². The van der Waals surface area contributed by atoms with Crippen LogP contribution in [0, 0.1) is 18.3 Å². The molecular formula is C17H17N3O. The van der Waals surface area contributed by atoms with Crippen LogP contribution in [0.1, 0.15) is 27.9 Å². The lowest BCUT2D eigenvalue weighted by Gasteiger charge is -2.30. The summed E-state index contributed by atoms with van der Waals surface area (Å²) < 4.78 is 0. The number of rotatable bonds is 2. The zero-order chi connectivity index (χ0) is 14.8. The molecule has 0 radical (unpaired) electrons. The van der Waals surface area contributed by atoms with Crippen LogP contribution in [-0.2, 0) is 19.5 Å². The molecule has 0 atom stereocenters. The highest BCUT2D eigenvalue weighted by atomic mass is 16.1. The summed E-state index contributed by atoms with van der Waals surface area (Å²) in [6.07, 6.45) is 0.760. The first kappa shape index (κ1) is 13.6. The van der Waals surface area contributed by atoms with E-state index in [-0.39, 0.29) is 11.1 Å². The first-order chi connectivity index (χ1) is 10.2. The third kappa shape index (κ3) is 2.61. The van der Waals surface area contributed by atoms with Crippen molar-refractivity contribution >= 4 is 0 Å². The molecule has 1 aromatic carbocycles. The predicted octanol–water partition coefficient (Wildman–Crippen LogP) is 2.11. The number of aryl methyl sites for hydroxylation is 1. The third-order valence-electron chi connectivity index (χ3n) is 4.07. The molecule has 2 aromatic rings. The molecule has 1 aromatic heterocycles. The van der Waals surface area contributed by atoms with Gasteiger partial charge in [-0.25, -0.2) is 0 Å². The van der Waals surface area contributed by atoms with Crippen molar-refractivity contribution < 1.29 is 0 Å². The Labute approximate surface area is 123 Å². The largest absolute Gasteiger partial charge is 0.325 e. The maximum absolute atomic E-state index is 11.8. The van der Waals surface area contributed by atoms with Gasteiger partial charge in [-0.05, 0) is 30.0 Å². The van der Waals surface area contributed by atoms with Gasteiger partial charge >= 0.3 is 0 Å². The van der Waals surface area contributed by atoms with E-state index in [1.54, 1.807) is 0 Å². The molecule has 106 valence electrons. The van der Waals surface area contributed by atoms with E-state index in [9.17, 15) is 10.1 Å². The molecule has 0 unspecified atom stereocenters. The average molecular weight is 279 g/mol. The lowest BCUT2D eigenvalue weighted by atomic mass is 9.94. The van der Waals surface area contributed by atoms with Gasteiger partial charge in [-0.1, -0.05) is 30.3 Å². The van der Waals surface area contributed by atoms with Crippen molar-refractivity contribution in [2.24, 2.45) is 0 Å². The van der Waals surface area contributed by atoms with Crippen molar-refractivity contribution in [2.45, 2.75) is 26.4 Å². The van der Waals surface area contributed by atoms with Gasteiger partial charge in [0.25, 0.3) is 5.56 Å². The van der Waals surface area contributed by atoms with Crippen molar-refractivity contribution in [3.63, 3.8) is 0 Å². The second-order valence-electron chi connectivity index (χ2n) is 5.47. The number of nitrogens with one attached hydrogen (secondary N) is 1. The minimum atomic E-state index is -0.259. The van der Waals surface area contributed by atoms with Crippen LogP contribution in [0.3, 0.4) is 0 Å². The van der Waals surface area contributed by atoms with E-state index in [1.165, 1.54) is 5.56 Å². The van der Waals surface area contributed by atoms with Crippen LogP contribution in [0.15, 0.2) is 35.1 Å². The van der Waals surface area contributed by atoms with E-state index in [0.29, 0.717) is 0 Å². The van der Waals surface area contributed by atoms with Gasteiger partial charge in [0.05, 0.1) is 0 Å². The number of nitrogens with zero attached hydrogens (tertiary/aromatic N) is 2. The van der Waals surface area contributed by atoms with Crippen molar-refractivity contribution in [2.75, 3.05) is 6.54 Å². The van der Waals surface area contributed by atoms with Gasteiger partial charge in [-0.2, -0.15) is 5.26 Å². The molecule has 3 rings (SSSR count). The Morgan fingerprint density at radius 3 is 2.76 bits per heavy atom. The van der Waals surface area contributed by atoms with Gasteiger partial charge in [0.2, 0.25) is 0 Å². The molecule has 0 saturated carbocycles. The number of aromatic amines is 1. The lowest BCUT2D eigenvalue weighted by Crippen LogP contribution is -2.33. The maximum Gasteiger partial charge on any atom is 0.266 e. The topological polar surface area (TPSA) is 59.9 Å². The average Bonchev–Trinajstić information content (AvgIpc) is 2.49. The predicted molar refractivity (Wildman–Crippen MR) is 80.8 cm³/mol. The third-order valence-corrected chi connectivity index (χ3v) is 4.07. The van der Waals surface area contributed by atoms with Gasteiger partial charge < -0.3 is 4.98 Å². The molecule has 2 heterocycles. The molecule has 0 spiro atoms. The summed E-state index contributed by atoms with van der Waals surface area (Å²) >= 11 is 0. The summed E-state index contributed by atoms with van der Waals surface area (Å²) in [5.74, 6) is 0. The van der Waals surface area contributed by atoms with Crippen molar-refractivity contribution in [3.8, 4) is 6.07 Å². The highest BCUT2D eigenvalue weighted by Crippen LogP contribution is 2.23. The van der Waals surface area contributed by atoms with E-state index in [1.807, 2.05) is 25.1 Å². The van der Waals surface area contributed by atoms with Gasteiger partial charge in [-0.3, -0.25) is 9.69 Å². The second-order valence-corrected chi connectivity index (χ2v) is 5.47. The SMILES string of the molecule is Cc1[nH]c(=O)c(C#N)c2c1CN(Cc1ccccc1)CC2. The minimum absolute atomic E-state index is 0.259. The first-order valence-electron chi connectivity index (χ1n) is 7.10. The highest BCUT2D eigenvalue weighted by molar-refractivity contribution is 5.44. The fraction of sp³-hybridized carbons (Fsp3) is 0.294. The van der Waals surface area contributed by atoms with Crippen LogP contribution in [0.5, 0.6) is 0 Å². The number of hydrogen-bond donors (Lipinski definition) is 1. The maximum atomic E-state index is 11.8. The summed E-state index contributed by atoms with van der Waals surface area (Å²) in [6.45, 7) is 4.45. The Balaban J connectivity index is 1.90. The molecule has 0 aliphatic carbocycles. The van der Waals surface area contributed by atoms with Crippen LogP contribution in [0.25, 0.3) is 0 Å². The van der Waals surface area contributed by atoms with E-state index < -0.39 is 0 Å². The molecule has 0 fully saturated rings. The Morgan fingerprint density at radius 1 is 1.29 bits per heavy atom. The van der Waals surface area contributed by atoms with E-state index in [0.717, 1.165) is 42.9 Å². The number of aromatic nitrogens is 1. The van der Waals surface area contributed by atoms with Crippen molar-refractivity contribution in [1.82, 2.24) is 9.88 Å². The van der Waals surface area contributed by atoms with Crippen LogP contribution >= 0.6 is 0 Å². The number of H-pyrrole nitrogens is 1. The van der Waals surface area contributed by atoms with Crippen LogP contribution in [0.2, 0.25) is 0 Å².